The Morgan fingerprint density at radius 3 is 1.75 bits per heavy atom. The maximum Gasteiger partial charge on any atom is 0.146 e. The predicted octanol–water partition coefficient (Wildman–Crippen LogP) is 20.1. The van der Waals surface area contributed by atoms with Gasteiger partial charge in [0.2, 0.25) is 0 Å². The molecule has 2 saturated carbocycles. The number of rotatable bonds is 16. The molecule has 376 valence electrons. The number of terminal acetylenes is 1. The number of aryl methyl sites for hydroxylation is 1. The molecule has 0 amide bonds. The number of benzene rings is 1. The lowest BCUT2D eigenvalue weighted by Crippen LogP contribution is -2.29. The Morgan fingerprint density at radius 2 is 1.43 bits per heavy atom. The highest BCUT2D eigenvalue weighted by Gasteiger charge is 2.35. The van der Waals surface area contributed by atoms with Crippen LogP contribution in [0.1, 0.15) is 225 Å². The third-order valence-electron chi connectivity index (χ3n) is 12.3. The molecule has 1 aromatic carbocycles. The smallest absolute Gasteiger partial charge is 0.146 e. The Balaban J connectivity index is -0.000000360. The Hall–Kier alpha value is -3.51. The van der Waals surface area contributed by atoms with Crippen molar-refractivity contribution in [3.05, 3.63) is 120 Å². The monoisotopic (exact) mass is 903 g/mol. The van der Waals surface area contributed by atoms with Crippen molar-refractivity contribution in [1.82, 2.24) is 5.32 Å². The van der Waals surface area contributed by atoms with Gasteiger partial charge in [0.25, 0.3) is 0 Å². The fourth-order valence-electron chi connectivity index (χ4n) is 8.23. The van der Waals surface area contributed by atoms with E-state index in [1.54, 1.807) is 12.2 Å². The van der Waals surface area contributed by atoms with Gasteiger partial charge in [-0.2, -0.15) is 0 Å². The van der Waals surface area contributed by atoms with E-state index in [4.69, 9.17) is 5.73 Å². The summed E-state index contributed by atoms with van der Waals surface area (Å²) in [6.45, 7) is 57.4. The molecule has 0 aliphatic heterocycles. The minimum Gasteiger partial charge on any atom is -0.399 e. The molecular formula is C62H111FN2. The van der Waals surface area contributed by atoms with Crippen LogP contribution in [0.5, 0.6) is 0 Å². The topological polar surface area (TPSA) is 38.0 Å². The molecule has 3 unspecified atom stereocenters. The van der Waals surface area contributed by atoms with Crippen molar-refractivity contribution in [1.29, 1.82) is 0 Å². The molecule has 3 atom stereocenters. The summed E-state index contributed by atoms with van der Waals surface area (Å²) in [7, 11) is 0. The van der Waals surface area contributed by atoms with Gasteiger partial charge in [-0.3, -0.25) is 0 Å². The van der Waals surface area contributed by atoms with Crippen LogP contribution in [0.15, 0.2) is 103 Å². The summed E-state index contributed by atoms with van der Waals surface area (Å²) >= 11 is 0. The third-order valence-corrected chi connectivity index (χ3v) is 12.3. The molecule has 1 aromatic rings. The number of halogens is 1. The van der Waals surface area contributed by atoms with E-state index in [0.29, 0.717) is 16.8 Å². The maximum atomic E-state index is 14.1. The van der Waals surface area contributed by atoms with Crippen molar-refractivity contribution < 1.29 is 4.39 Å². The first-order chi connectivity index (χ1) is 30.6. The summed E-state index contributed by atoms with van der Waals surface area (Å²) in [6.07, 6.45) is 31.3. The molecule has 3 N–H and O–H groups in total. The van der Waals surface area contributed by atoms with Gasteiger partial charge in [0.05, 0.1) is 5.70 Å². The van der Waals surface area contributed by atoms with Gasteiger partial charge in [-0.15, -0.1) is 26.0 Å². The lowest BCUT2D eigenvalue weighted by Gasteiger charge is -2.37. The lowest BCUT2D eigenvalue weighted by molar-refractivity contribution is 0.233. The van der Waals surface area contributed by atoms with Crippen LogP contribution in [0.4, 0.5) is 4.39 Å². The highest BCUT2D eigenvalue weighted by molar-refractivity contribution is 5.43. The highest BCUT2D eigenvalue weighted by atomic mass is 19.1. The summed E-state index contributed by atoms with van der Waals surface area (Å²) in [5.41, 5.74) is 15.1. The van der Waals surface area contributed by atoms with Crippen molar-refractivity contribution in [3.63, 3.8) is 0 Å². The molecule has 0 spiro atoms. The summed E-state index contributed by atoms with van der Waals surface area (Å²) in [5.74, 6) is 4.21. The minimum atomic E-state index is -0.399. The normalized spacial score (nSPS) is 19.0. The van der Waals surface area contributed by atoms with Crippen LogP contribution in [0.2, 0.25) is 0 Å². The van der Waals surface area contributed by atoms with Crippen LogP contribution >= 0.6 is 0 Å². The standard InChI is InChI=1S/C35H51FN2.C8H18.C6H12.C4H10.C3H8.C2H6.C2H4.C2H2/c1-10-14-34(32(36)11-2)38-28(9)27(8)33(37)20-18-29-17-19-31(26(7)23-29)35(12-3,24(4)5)22-21-30-16-13-15-25(30)6;1-5-7-8(3,4)6-2;1-5-3-6(2)4-5;1-4(2)3;1-3-2;3*1-2/h10-11,14,17,19-20,23,25,30,38H,2,4,12-13,15-16,18,21-22,37H2,1,3,5-9H3;5-7H2,1-4H3;5-6H,3-4H2,1-2H3;4H,1-3H3;3H2,1-2H3;1-2H3;1-2H2;1-2H/b14-10-,28-27+,33-20+,34-32-;;;;;;;. The molecule has 0 bridgehead atoms. The van der Waals surface area contributed by atoms with Crippen LogP contribution in [-0.4, -0.2) is 0 Å². The van der Waals surface area contributed by atoms with E-state index in [2.05, 4.69) is 167 Å². The van der Waals surface area contributed by atoms with E-state index in [1.807, 2.05) is 40.7 Å². The summed E-state index contributed by atoms with van der Waals surface area (Å²) in [5, 5.41) is 3.13. The van der Waals surface area contributed by atoms with E-state index < -0.39 is 5.83 Å². The van der Waals surface area contributed by atoms with Gasteiger partial charge in [-0.25, -0.2) is 4.39 Å². The Morgan fingerprint density at radius 1 is 0.923 bits per heavy atom. The number of nitrogens with two attached hydrogens (primary N) is 1. The summed E-state index contributed by atoms with van der Waals surface area (Å²) in [4.78, 5) is 0. The maximum absolute atomic E-state index is 14.1. The average Bonchev–Trinajstić information content (AvgIpc) is 3.69. The third kappa shape index (κ3) is 31.2. The van der Waals surface area contributed by atoms with Gasteiger partial charge < -0.3 is 11.1 Å². The van der Waals surface area contributed by atoms with Gasteiger partial charge in [-0.05, 0) is 149 Å². The van der Waals surface area contributed by atoms with Crippen LogP contribution in [0, 0.1) is 54.8 Å². The van der Waals surface area contributed by atoms with Crippen LogP contribution in [0.3, 0.4) is 0 Å². The molecule has 2 nitrogen and oxygen atoms in total. The lowest BCUT2D eigenvalue weighted by atomic mass is 9.67. The molecular weight excluding hydrogens is 792 g/mol. The van der Waals surface area contributed by atoms with E-state index in [0.717, 1.165) is 53.7 Å². The van der Waals surface area contributed by atoms with E-state index in [1.165, 1.54) is 99.0 Å². The van der Waals surface area contributed by atoms with Crippen LogP contribution < -0.4 is 11.1 Å². The second kappa shape index (κ2) is 41.9. The number of hydrogen-bond acceptors (Lipinski definition) is 2. The average molecular weight is 904 g/mol. The number of hydrogen-bond donors (Lipinski definition) is 2. The van der Waals surface area contributed by atoms with Gasteiger partial charge >= 0.3 is 0 Å². The number of allylic oxidation sites excluding steroid dienone is 8. The van der Waals surface area contributed by atoms with Crippen molar-refractivity contribution >= 4 is 0 Å². The molecule has 0 radical (unpaired) electrons. The zero-order valence-electron chi connectivity index (χ0n) is 47.1. The van der Waals surface area contributed by atoms with Gasteiger partial charge in [-0.1, -0.05) is 191 Å². The van der Waals surface area contributed by atoms with Gasteiger partial charge in [0, 0.05) is 16.8 Å². The zero-order chi connectivity index (χ0) is 51.9. The summed E-state index contributed by atoms with van der Waals surface area (Å²) < 4.78 is 14.1. The molecule has 65 heavy (non-hydrogen) atoms. The second-order valence-corrected chi connectivity index (χ2v) is 19.7. The van der Waals surface area contributed by atoms with Crippen LogP contribution in [0.25, 0.3) is 0 Å². The van der Waals surface area contributed by atoms with Gasteiger partial charge in [0.15, 0.2) is 0 Å². The first-order valence-electron chi connectivity index (χ1n) is 25.7. The van der Waals surface area contributed by atoms with Crippen molar-refractivity contribution in [3.8, 4) is 12.8 Å². The Kier molecular flexibility index (Phi) is 45.4. The Bertz CT molecular complexity index is 1500. The van der Waals surface area contributed by atoms with E-state index >= 15 is 0 Å². The van der Waals surface area contributed by atoms with Crippen molar-refractivity contribution in [2.24, 2.45) is 40.7 Å². The fourth-order valence-corrected chi connectivity index (χ4v) is 8.23. The SMILES string of the molecule is C#C.C=C.C=C/C(F)=C(\C=C/C)N/C(C)=C(C)/C(N)=C\Cc1ccc(C(CC)(CCC2CCCC2C)C(=C)C)c(C)c1.CC.CC(C)C.CC1CC(C)C1.CCC.CCCC(C)(C)CC. The predicted molar refractivity (Wildman–Crippen MR) is 300 cm³/mol. The van der Waals surface area contributed by atoms with Crippen molar-refractivity contribution in [2.45, 2.75) is 227 Å². The molecule has 2 aliphatic carbocycles. The van der Waals surface area contributed by atoms with Gasteiger partial charge in [0.1, 0.15) is 5.83 Å². The molecule has 3 heteroatoms. The van der Waals surface area contributed by atoms with Crippen molar-refractivity contribution in [2.75, 3.05) is 0 Å². The van der Waals surface area contributed by atoms with E-state index in [-0.39, 0.29) is 5.41 Å². The molecule has 3 rings (SSSR count). The molecule has 0 aromatic heterocycles. The molecule has 2 fully saturated rings. The molecule has 0 saturated heterocycles. The largest absolute Gasteiger partial charge is 0.399 e. The highest BCUT2D eigenvalue weighted by Crippen LogP contribution is 2.44. The molecule has 0 heterocycles. The summed E-state index contributed by atoms with van der Waals surface area (Å²) in [6, 6.07) is 6.88. The zero-order valence-corrected chi connectivity index (χ0v) is 47.1. The number of nitrogens with one attached hydrogen (secondary N) is 1. The molecule has 2 aliphatic rings. The fraction of sp³-hybridized carbons (Fsp3) is 0.645. The quantitative estimate of drug-likeness (QED) is 0.0985. The first-order valence-corrected chi connectivity index (χ1v) is 25.7. The first kappa shape index (κ1) is 70.5. The second-order valence-electron chi connectivity index (χ2n) is 19.7. The minimum absolute atomic E-state index is 0.0285. The van der Waals surface area contributed by atoms with E-state index in [9.17, 15) is 4.39 Å². The van der Waals surface area contributed by atoms with Crippen LogP contribution in [-0.2, 0) is 11.8 Å². The Labute approximate surface area is 408 Å².